The summed E-state index contributed by atoms with van der Waals surface area (Å²) in [5, 5.41) is 22.8. The van der Waals surface area contributed by atoms with E-state index in [9.17, 15) is 10.2 Å². The molecule has 28 heavy (non-hydrogen) atoms. The lowest BCUT2D eigenvalue weighted by Gasteiger charge is -2.18. The molecule has 3 rings (SSSR count). The summed E-state index contributed by atoms with van der Waals surface area (Å²) in [6, 6.07) is 17.6. The van der Waals surface area contributed by atoms with E-state index in [0.29, 0.717) is 33.4 Å². The maximum absolute atomic E-state index is 10.8. The van der Waals surface area contributed by atoms with E-state index in [0.717, 1.165) is 5.56 Å². The van der Waals surface area contributed by atoms with Crippen molar-refractivity contribution in [1.29, 1.82) is 0 Å². The summed E-state index contributed by atoms with van der Waals surface area (Å²) >= 11 is 11.8. The highest BCUT2D eigenvalue weighted by molar-refractivity contribution is 6.30. The lowest BCUT2D eigenvalue weighted by molar-refractivity contribution is 0.193. The first-order chi connectivity index (χ1) is 13.5. The fourth-order valence-electron chi connectivity index (χ4n) is 2.69. The Hall–Kier alpha value is -2.53. The molecule has 1 atom stereocenters. The van der Waals surface area contributed by atoms with Crippen LogP contribution in [0, 0.1) is 0 Å². The molecule has 0 spiro atoms. The monoisotopic (exact) mass is 415 g/mol. The number of benzene rings is 2. The summed E-state index contributed by atoms with van der Waals surface area (Å²) in [5.74, 6) is 0.527. The summed E-state index contributed by atoms with van der Waals surface area (Å²) < 4.78 is 5.63. The minimum atomic E-state index is -1.02. The molecule has 1 aromatic heterocycles. The number of nitrogens with zero attached hydrogens (tertiary/aromatic N) is 1. The van der Waals surface area contributed by atoms with Crippen molar-refractivity contribution in [2.24, 2.45) is 0 Å². The van der Waals surface area contributed by atoms with Crippen LogP contribution < -0.4 is 4.74 Å². The average molecular weight is 416 g/mol. The van der Waals surface area contributed by atoms with Crippen LogP contribution >= 0.6 is 23.2 Å². The Morgan fingerprint density at radius 2 is 1.61 bits per heavy atom. The second kappa shape index (κ2) is 9.60. The van der Waals surface area contributed by atoms with Crippen LogP contribution in [-0.4, -0.2) is 21.8 Å². The molecule has 0 saturated carbocycles. The molecule has 0 aliphatic rings. The van der Waals surface area contributed by atoms with Crippen molar-refractivity contribution in [2.75, 3.05) is 6.61 Å². The largest absolute Gasteiger partial charge is 0.509 e. The molecule has 6 heteroatoms. The number of rotatable bonds is 7. The van der Waals surface area contributed by atoms with Crippen LogP contribution in [0.3, 0.4) is 0 Å². The molecular formula is C22H19Cl2NO3. The van der Waals surface area contributed by atoms with Crippen LogP contribution in [0.2, 0.25) is 10.0 Å². The van der Waals surface area contributed by atoms with E-state index in [4.69, 9.17) is 27.9 Å². The Morgan fingerprint density at radius 1 is 0.964 bits per heavy atom. The summed E-state index contributed by atoms with van der Waals surface area (Å²) in [6.07, 6.45) is 2.52. The molecule has 144 valence electrons. The predicted octanol–water partition coefficient (Wildman–Crippen LogP) is 5.56. The molecule has 0 bridgehead atoms. The molecule has 0 aliphatic carbocycles. The van der Waals surface area contributed by atoms with Crippen LogP contribution in [0.15, 0.2) is 84.4 Å². The zero-order valence-electron chi connectivity index (χ0n) is 14.9. The van der Waals surface area contributed by atoms with Crippen LogP contribution in [0.25, 0.3) is 0 Å². The average Bonchev–Trinajstić information content (AvgIpc) is 2.73. The lowest BCUT2D eigenvalue weighted by Crippen LogP contribution is -2.12. The highest BCUT2D eigenvalue weighted by atomic mass is 35.5. The lowest BCUT2D eigenvalue weighted by atomic mass is 9.95. The standard InChI is InChI=1S/C22H19Cl2NO3/c23-17-5-3-15(4-6-17)12-20(22(27)16-2-1-11-25-13-16)21(26)14-28-19-9-7-18(24)8-10-19/h1-11,13,22,26-27H,12,14H2/b21-20+. The van der Waals surface area contributed by atoms with Gasteiger partial charge < -0.3 is 14.9 Å². The Morgan fingerprint density at radius 3 is 2.21 bits per heavy atom. The maximum Gasteiger partial charge on any atom is 0.145 e. The molecule has 2 aromatic carbocycles. The Balaban J connectivity index is 1.85. The third kappa shape index (κ3) is 5.49. The Kier molecular flexibility index (Phi) is 6.93. The van der Waals surface area contributed by atoms with Gasteiger partial charge in [0.25, 0.3) is 0 Å². The molecule has 0 radical (unpaired) electrons. The van der Waals surface area contributed by atoms with Crippen molar-refractivity contribution in [3.05, 3.63) is 106 Å². The van der Waals surface area contributed by atoms with Gasteiger partial charge in [0.2, 0.25) is 0 Å². The van der Waals surface area contributed by atoms with Crippen molar-refractivity contribution in [3.63, 3.8) is 0 Å². The second-order valence-electron chi connectivity index (χ2n) is 6.21. The molecule has 2 N–H and O–H groups in total. The zero-order valence-corrected chi connectivity index (χ0v) is 16.4. The molecule has 4 nitrogen and oxygen atoms in total. The fraction of sp³-hybridized carbons (Fsp3) is 0.136. The summed E-state index contributed by atoms with van der Waals surface area (Å²) in [5.41, 5.74) is 1.93. The summed E-state index contributed by atoms with van der Waals surface area (Å²) in [6.45, 7) is -0.0815. The first kappa shape index (κ1) is 20.2. The van der Waals surface area contributed by atoms with Crippen molar-refractivity contribution in [1.82, 2.24) is 4.98 Å². The minimum Gasteiger partial charge on any atom is -0.509 e. The SMILES string of the molecule is O/C(COc1ccc(Cl)cc1)=C(\Cc1ccc(Cl)cc1)C(O)c1cccnc1. The van der Waals surface area contributed by atoms with Gasteiger partial charge in [0.1, 0.15) is 24.2 Å². The van der Waals surface area contributed by atoms with Crippen LogP contribution in [0.5, 0.6) is 5.75 Å². The highest BCUT2D eigenvalue weighted by Gasteiger charge is 2.19. The van der Waals surface area contributed by atoms with Gasteiger partial charge in [0, 0.05) is 33.6 Å². The number of aromatic nitrogens is 1. The zero-order chi connectivity index (χ0) is 19.9. The third-order valence-electron chi connectivity index (χ3n) is 4.20. The number of hydrogen-bond donors (Lipinski definition) is 2. The molecule has 0 amide bonds. The van der Waals surface area contributed by atoms with Gasteiger partial charge in [-0.05, 0) is 54.4 Å². The van der Waals surface area contributed by atoms with E-state index >= 15 is 0 Å². The van der Waals surface area contributed by atoms with Crippen molar-refractivity contribution in [3.8, 4) is 5.75 Å². The predicted molar refractivity (Wildman–Crippen MR) is 111 cm³/mol. The van der Waals surface area contributed by atoms with Crippen LogP contribution in [0.1, 0.15) is 17.2 Å². The molecule has 1 unspecified atom stereocenters. The van der Waals surface area contributed by atoms with Gasteiger partial charge in [-0.1, -0.05) is 41.4 Å². The number of aliphatic hydroxyl groups is 2. The molecule has 0 aliphatic heterocycles. The number of halogens is 2. The smallest absolute Gasteiger partial charge is 0.145 e. The van der Waals surface area contributed by atoms with E-state index in [-0.39, 0.29) is 12.4 Å². The van der Waals surface area contributed by atoms with Gasteiger partial charge in [0.05, 0.1) is 0 Å². The van der Waals surface area contributed by atoms with Gasteiger partial charge in [-0.15, -0.1) is 0 Å². The topological polar surface area (TPSA) is 62.6 Å². The Labute approximate surface area is 173 Å². The van der Waals surface area contributed by atoms with E-state index in [2.05, 4.69) is 4.98 Å². The fourth-order valence-corrected chi connectivity index (χ4v) is 2.94. The van der Waals surface area contributed by atoms with Gasteiger partial charge in [-0.2, -0.15) is 0 Å². The quantitative estimate of drug-likeness (QED) is 0.496. The highest BCUT2D eigenvalue weighted by Crippen LogP contribution is 2.27. The van der Waals surface area contributed by atoms with Crippen LogP contribution in [0.4, 0.5) is 0 Å². The van der Waals surface area contributed by atoms with Crippen LogP contribution in [-0.2, 0) is 6.42 Å². The van der Waals surface area contributed by atoms with Gasteiger partial charge in [-0.3, -0.25) is 4.98 Å². The minimum absolute atomic E-state index is 0.0405. The van der Waals surface area contributed by atoms with E-state index in [1.54, 1.807) is 60.9 Å². The first-order valence-corrected chi connectivity index (χ1v) is 9.40. The maximum atomic E-state index is 10.8. The molecule has 0 saturated heterocycles. The van der Waals surface area contributed by atoms with E-state index in [1.807, 2.05) is 12.1 Å². The van der Waals surface area contributed by atoms with Crippen molar-refractivity contribution in [2.45, 2.75) is 12.5 Å². The first-order valence-electron chi connectivity index (χ1n) is 8.64. The van der Waals surface area contributed by atoms with E-state index in [1.165, 1.54) is 0 Å². The number of ether oxygens (including phenoxy) is 1. The molecule has 0 fully saturated rings. The number of aliphatic hydroxyl groups excluding tert-OH is 2. The third-order valence-corrected chi connectivity index (χ3v) is 4.70. The molecular weight excluding hydrogens is 397 g/mol. The molecule has 1 heterocycles. The summed E-state index contributed by atoms with van der Waals surface area (Å²) in [7, 11) is 0. The van der Waals surface area contributed by atoms with Gasteiger partial charge in [0.15, 0.2) is 0 Å². The van der Waals surface area contributed by atoms with E-state index < -0.39 is 6.10 Å². The number of pyridine rings is 1. The Bertz CT molecular complexity index is 926. The normalized spacial score (nSPS) is 13.0. The molecule has 3 aromatic rings. The van der Waals surface area contributed by atoms with Crippen molar-refractivity contribution >= 4 is 23.2 Å². The van der Waals surface area contributed by atoms with Crippen molar-refractivity contribution < 1.29 is 14.9 Å². The van der Waals surface area contributed by atoms with Gasteiger partial charge >= 0.3 is 0 Å². The second-order valence-corrected chi connectivity index (χ2v) is 7.08. The summed E-state index contributed by atoms with van der Waals surface area (Å²) in [4.78, 5) is 4.04. The number of hydrogen-bond acceptors (Lipinski definition) is 4. The van der Waals surface area contributed by atoms with Gasteiger partial charge in [-0.25, -0.2) is 0 Å².